The second-order valence-electron chi connectivity index (χ2n) is 7.02. The van der Waals surface area contributed by atoms with Crippen molar-refractivity contribution in [3.05, 3.63) is 16.1 Å². The molecule has 1 aliphatic rings. The van der Waals surface area contributed by atoms with E-state index in [0.717, 1.165) is 36.2 Å². The quantitative estimate of drug-likeness (QED) is 0.196. The molecular formula is C19H33F3IN5S. The zero-order chi connectivity index (χ0) is 20.2. The average Bonchev–Trinajstić information content (AvgIpc) is 3.15. The van der Waals surface area contributed by atoms with Crippen LogP contribution in [0.5, 0.6) is 0 Å². The van der Waals surface area contributed by atoms with E-state index in [-0.39, 0.29) is 24.0 Å². The van der Waals surface area contributed by atoms with Gasteiger partial charge in [-0.1, -0.05) is 12.8 Å². The molecule has 2 N–H and O–H groups in total. The van der Waals surface area contributed by atoms with Crippen LogP contribution in [0.25, 0.3) is 0 Å². The van der Waals surface area contributed by atoms with Crippen LogP contribution in [0, 0.1) is 0 Å². The Bertz CT molecular complexity index is 589. The van der Waals surface area contributed by atoms with Crippen molar-refractivity contribution in [3.63, 3.8) is 0 Å². The summed E-state index contributed by atoms with van der Waals surface area (Å²) in [6, 6.07) is 0. The molecule has 0 aromatic carbocycles. The molecule has 1 aliphatic heterocycles. The maximum Gasteiger partial charge on any atom is 0.434 e. The van der Waals surface area contributed by atoms with E-state index in [4.69, 9.17) is 0 Å². The highest BCUT2D eigenvalue weighted by Gasteiger charge is 2.33. The summed E-state index contributed by atoms with van der Waals surface area (Å²) in [5, 5.41) is 7.90. The van der Waals surface area contributed by atoms with Crippen LogP contribution >= 0.6 is 35.3 Å². The number of piperidine rings is 1. The van der Waals surface area contributed by atoms with E-state index in [1.54, 1.807) is 0 Å². The molecule has 2 rings (SSSR count). The van der Waals surface area contributed by atoms with Crippen molar-refractivity contribution >= 4 is 41.3 Å². The van der Waals surface area contributed by atoms with Crippen molar-refractivity contribution in [1.29, 1.82) is 0 Å². The number of guanidine groups is 1. The molecule has 29 heavy (non-hydrogen) atoms. The molecule has 1 saturated heterocycles. The van der Waals surface area contributed by atoms with E-state index in [2.05, 4.69) is 25.5 Å². The molecule has 168 valence electrons. The van der Waals surface area contributed by atoms with Gasteiger partial charge in [-0.15, -0.1) is 35.3 Å². The van der Waals surface area contributed by atoms with E-state index < -0.39 is 11.9 Å². The van der Waals surface area contributed by atoms with Crippen LogP contribution in [0.3, 0.4) is 0 Å². The molecule has 0 unspecified atom stereocenters. The van der Waals surface area contributed by atoms with Crippen molar-refractivity contribution in [2.45, 2.75) is 58.0 Å². The maximum absolute atomic E-state index is 12.6. The van der Waals surface area contributed by atoms with Gasteiger partial charge in [-0.2, -0.15) is 13.2 Å². The number of nitrogens with one attached hydrogen (secondary N) is 2. The molecule has 1 fully saturated rings. The minimum absolute atomic E-state index is 0. The molecule has 0 radical (unpaired) electrons. The van der Waals surface area contributed by atoms with Crippen molar-refractivity contribution in [3.8, 4) is 0 Å². The van der Waals surface area contributed by atoms with Crippen molar-refractivity contribution in [2.24, 2.45) is 4.99 Å². The molecule has 1 aromatic heterocycles. The van der Waals surface area contributed by atoms with Gasteiger partial charge in [0.25, 0.3) is 0 Å². The van der Waals surface area contributed by atoms with Crippen molar-refractivity contribution < 1.29 is 13.2 Å². The zero-order valence-corrected chi connectivity index (χ0v) is 20.2. The minimum Gasteiger partial charge on any atom is -0.357 e. The molecule has 0 atom stereocenters. The second-order valence-corrected chi connectivity index (χ2v) is 7.97. The summed E-state index contributed by atoms with van der Waals surface area (Å²) in [6.07, 6.45) is 3.54. The number of nitrogens with zero attached hydrogens (tertiary/aromatic N) is 3. The molecule has 1 aromatic rings. The predicted octanol–water partition coefficient (Wildman–Crippen LogP) is 4.53. The zero-order valence-electron chi connectivity index (χ0n) is 17.1. The summed E-state index contributed by atoms with van der Waals surface area (Å²) < 4.78 is 37.7. The van der Waals surface area contributed by atoms with Gasteiger partial charge in [0.05, 0.1) is 5.01 Å². The lowest BCUT2D eigenvalue weighted by atomic mass is 10.1. The summed E-state index contributed by atoms with van der Waals surface area (Å²) in [7, 11) is 0. The Kier molecular flexibility index (Phi) is 13.1. The van der Waals surface area contributed by atoms with Gasteiger partial charge in [-0.3, -0.25) is 4.99 Å². The predicted molar refractivity (Wildman–Crippen MR) is 124 cm³/mol. The first-order valence-electron chi connectivity index (χ1n) is 10.2. The highest BCUT2D eigenvalue weighted by Crippen LogP contribution is 2.29. The van der Waals surface area contributed by atoms with E-state index in [1.165, 1.54) is 51.7 Å². The third-order valence-electron chi connectivity index (χ3n) is 4.67. The number of likely N-dealkylation sites (tertiary alicyclic amines) is 1. The molecule has 5 nitrogen and oxygen atoms in total. The number of hydrogen-bond acceptors (Lipinski definition) is 4. The normalized spacial score (nSPS) is 15.8. The van der Waals surface area contributed by atoms with Crippen LogP contribution < -0.4 is 10.6 Å². The van der Waals surface area contributed by atoms with Gasteiger partial charge < -0.3 is 15.5 Å². The van der Waals surface area contributed by atoms with E-state index in [0.29, 0.717) is 23.9 Å². The van der Waals surface area contributed by atoms with Crippen LogP contribution in [0.15, 0.2) is 10.4 Å². The Hall–Kier alpha value is -0.620. The summed E-state index contributed by atoms with van der Waals surface area (Å²) in [5.74, 6) is 0.714. The first kappa shape index (κ1) is 26.4. The number of aromatic nitrogens is 1. The SMILES string of the molecule is CCNC(=NCCCCCN1CCCCC1)NCCc1nc(C(F)(F)F)cs1.I. The van der Waals surface area contributed by atoms with E-state index in [9.17, 15) is 13.2 Å². The monoisotopic (exact) mass is 547 g/mol. The topological polar surface area (TPSA) is 52.6 Å². The Labute approximate surface area is 193 Å². The highest BCUT2D eigenvalue weighted by atomic mass is 127. The number of halogens is 4. The highest BCUT2D eigenvalue weighted by molar-refractivity contribution is 14.0. The molecule has 0 aliphatic carbocycles. The standard InChI is InChI=1S/C19H32F3N5S.HI/c1-2-23-18(24-10-5-3-6-12-27-13-7-4-8-14-27)25-11-9-17-26-16(15-28-17)19(20,21)22;/h15H,2-14H2,1H3,(H2,23,24,25);1H. The lowest BCUT2D eigenvalue weighted by Gasteiger charge is -2.26. The molecule has 0 spiro atoms. The largest absolute Gasteiger partial charge is 0.434 e. The molecule has 10 heteroatoms. The van der Waals surface area contributed by atoms with Gasteiger partial charge >= 0.3 is 6.18 Å². The third-order valence-corrected chi connectivity index (χ3v) is 5.58. The Morgan fingerprint density at radius 2 is 1.93 bits per heavy atom. The van der Waals surface area contributed by atoms with Crippen LogP contribution in [-0.4, -0.2) is 55.1 Å². The molecule has 0 saturated carbocycles. The number of alkyl halides is 3. The molecule has 0 bridgehead atoms. The Morgan fingerprint density at radius 1 is 1.17 bits per heavy atom. The number of unbranched alkanes of at least 4 members (excludes halogenated alkanes) is 2. The maximum atomic E-state index is 12.6. The van der Waals surface area contributed by atoms with Crippen LogP contribution in [0.2, 0.25) is 0 Å². The van der Waals surface area contributed by atoms with Gasteiger partial charge in [0, 0.05) is 31.4 Å². The van der Waals surface area contributed by atoms with Crippen molar-refractivity contribution in [1.82, 2.24) is 20.5 Å². The lowest BCUT2D eigenvalue weighted by molar-refractivity contribution is -0.140. The lowest BCUT2D eigenvalue weighted by Crippen LogP contribution is -2.38. The second kappa shape index (κ2) is 14.4. The fourth-order valence-corrected chi connectivity index (χ4v) is 3.99. The smallest absolute Gasteiger partial charge is 0.357 e. The van der Waals surface area contributed by atoms with Gasteiger partial charge in [0.15, 0.2) is 11.7 Å². The van der Waals surface area contributed by atoms with E-state index >= 15 is 0 Å². The minimum atomic E-state index is -4.37. The van der Waals surface area contributed by atoms with Crippen LogP contribution in [0.4, 0.5) is 13.2 Å². The number of hydrogen-bond donors (Lipinski definition) is 2. The number of aliphatic imine (C=N–C) groups is 1. The molecule has 0 amide bonds. The first-order valence-corrected chi connectivity index (χ1v) is 11.1. The molecular weight excluding hydrogens is 514 g/mol. The fourth-order valence-electron chi connectivity index (χ4n) is 3.18. The summed E-state index contributed by atoms with van der Waals surface area (Å²) in [4.78, 5) is 10.8. The average molecular weight is 547 g/mol. The van der Waals surface area contributed by atoms with Crippen molar-refractivity contribution in [2.75, 3.05) is 39.3 Å². The fraction of sp³-hybridized carbons (Fsp3) is 0.789. The number of thiazole rings is 1. The van der Waals surface area contributed by atoms with Gasteiger partial charge in [0.1, 0.15) is 0 Å². The Morgan fingerprint density at radius 3 is 2.59 bits per heavy atom. The van der Waals surface area contributed by atoms with E-state index in [1.807, 2.05) is 6.92 Å². The summed E-state index contributed by atoms with van der Waals surface area (Å²) in [5.41, 5.74) is -0.808. The van der Waals surface area contributed by atoms with Gasteiger partial charge in [0.2, 0.25) is 0 Å². The van der Waals surface area contributed by atoms with Crippen LogP contribution in [-0.2, 0) is 12.6 Å². The molecule has 2 heterocycles. The van der Waals surface area contributed by atoms with Crippen LogP contribution in [0.1, 0.15) is 56.2 Å². The van der Waals surface area contributed by atoms with Gasteiger partial charge in [-0.05, 0) is 52.2 Å². The Balaban J connectivity index is 0.00000420. The van der Waals surface area contributed by atoms with Gasteiger partial charge in [-0.25, -0.2) is 4.98 Å². The number of rotatable bonds is 10. The summed E-state index contributed by atoms with van der Waals surface area (Å²) in [6.45, 7) is 7.68. The third kappa shape index (κ3) is 10.8. The first-order chi connectivity index (χ1) is 13.5. The summed E-state index contributed by atoms with van der Waals surface area (Å²) >= 11 is 1.04.